The van der Waals surface area contributed by atoms with Crippen molar-refractivity contribution >= 4 is 0 Å². The summed E-state index contributed by atoms with van der Waals surface area (Å²) in [6.45, 7) is 6.47. The average Bonchev–Trinajstić information content (AvgIpc) is 2.50. The van der Waals surface area contributed by atoms with E-state index in [-0.39, 0.29) is 0 Å². The minimum absolute atomic E-state index is 0.376. The van der Waals surface area contributed by atoms with Crippen LogP contribution in [0.3, 0.4) is 0 Å². The van der Waals surface area contributed by atoms with Crippen molar-refractivity contribution in [3.63, 3.8) is 0 Å². The van der Waals surface area contributed by atoms with Gasteiger partial charge >= 0.3 is 0 Å². The summed E-state index contributed by atoms with van der Waals surface area (Å²) in [7, 11) is 1.96. The van der Waals surface area contributed by atoms with Gasteiger partial charge in [-0.3, -0.25) is 5.10 Å². The minimum Gasteiger partial charge on any atom is -0.313 e. The first-order valence-corrected chi connectivity index (χ1v) is 4.37. The number of nitrogens with zero attached hydrogens (tertiary/aromatic N) is 1. The molecule has 3 nitrogen and oxygen atoms in total. The molecule has 1 atom stereocenters. The summed E-state index contributed by atoms with van der Waals surface area (Å²) in [6.07, 6.45) is 1.90. The highest BCUT2D eigenvalue weighted by Crippen LogP contribution is 2.21. The van der Waals surface area contributed by atoms with Crippen molar-refractivity contribution in [1.82, 2.24) is 15.5 Å². The van der Waals surface area contributed by atoms with Gasteiger partial charge in [0.2, 0.25) is 0 Å². The van der Waals surface area contributed by atoms with Crippen LogP contribution in [0.1, 0.15) is 44.0 Å². The van der Waals surface area contributed by atoms with E-state index in [4.69, 9.17) is 0 Å². The Morgan fingerprint density at radius 2 is 2.08 bits per heavy atom. The fourth-order valence-corrected chi connectivity index (χ4v) is 1.27. The Morgan fingerprint density at radius 1 is 1.42 bits per heavy atom. The summed E-state index contributed by atoms with van der Waals surface area (Å²) in [5.74, 6) is 0.512. The summed E-state index contributed by atoms with van der Waals surface area (Å²) >= 11 is 0. The second-order valence-corrected chi connectivity index (χ2v) is 3.40. The topological polar surface area (TPSA) is 40.7 Å². The maximum Gasteiger partial charge on any atom is 0.0538 e. The van der Waals surface area contributed by atoms with E-state index < -0.39 is 0 Å². The highest BCUT2D eigenvalue weighted by Gasteiger charge is 2.12. The van der Waals surface area contributed by atoms with E-state index in [1.165, 1.54) is 11.3 Å². The molecule has 1 aromatic rings. The molecule has 0 amide bonds. The van der Waals surface area contributed by atoms with Gasteiger partial charge in [0.25, 0.3) is 0 Å². The largest absolute Gasteiger partial charge is 0.313 e. The molecule has 68 valence electrons. The van der Waals surface area contributed by atoms with E-state index in [0.29, 0.717) is 12.0 Å². The molecule has 1 unspecified atom stereocenters. The van der Waals surface area contributed by atoms with E-state index in [1.807, 2.05) is 13.2 Å². The first-order valence-electron chi connectivity index (χ1n) is 4.37. The van der Waals surface area contributed by atoms with Gasteiger partial charge in [-0.25, -0.2) is 0 Å². The SMILES string of the molecule is CNC(C)c1cn[nH]c1C(C)C. The maximum absolute atomic E-state index is 4.05. The second kappa shape index (κ2) is 3.72. The van der Waals surface area contributed by atoms with Gasteiger partial charge in [-0.05, 0) is 19.9 Å². The number of nitrogens with one attached hydrogen (secondary N) is 2. The van der Waals surface area contributed by atoms with Crippen LogP contribution in [0, 0.1) is 0 Å². The molecule has 0 saturated heterocycles. The quantitative estimate of drug-likeness (QED) is 0.721. The lowest BCUT2D eigenvalue weighted by Gasteiger charge is -2.12. The number of rotatable bonds is 3. The molecule has 0 aromatic carbocycles. The Bertz CT molecular complexity index is 240. The van der Waals surface area contributed by atoms with Crippen LogP contribution in [0.2, 0.25) is 0 Å². The summed E-state index contributed by atoms with van der Waals surface area (Å²) in [4.78, 5) is 0. The van der Waals surface area contributed by atoms with E-state index >= 15 is 0 Å². The Labute approximate surface area is 73.6 Å². The predicted molar refractivity (Wildman–Crippen MR) is 50.2 cm³/mol. The lowest BCUT2D eigenvalue weighted by atomic mass is 10.0. The third-order valence-corrected chi connectivity index (χ3v) is 2.18. The van der Waals surface area contributed by atoms with Gasteiger partial charge in [0, 0.05) is 17.3 Å². The van der Waals surface area contributed by atoms with Crippen molar-refractivity contribution in [3.05, 3.63) is 17.5 Å². The third-order valence-electron chi connectivity index (χ3n) is 2.18. The van der Waals surface area contributed by atoms with Crippen LogP contribution in [0.15, 0.2) is 6.20 Å². The molecule has 12 heavy (non-hydrogen) atoms. The fraction of sp³-hybridized carbons (Fsp3) is 0.667. The van der Waals surface area contributed by atoms with Crippen molar-refractivity contribution in [2.24, 2.45) is 0 Å². The van der Waals surface area contributed by atoms with Crippen LogP contribution in [0.5, 0.6) is 0 Å². The second-order valence-electron chi connectivity index (χ2n) is 3.40. The van der Waals surface area contributed by atoms with Gasteiger partial charge < -0.3 is 5.32 Å². The lowest BCUT2D eigenvalue weighted by molar-refractivity contribution is 0.636. The molecule has 0 aliphatic carbocycles. The molecule has 0 bridgehead atoms. The smallest absolute Gasteiger partial charge is 0.0538 e. The monoisotopic (exact) mass is 167 g/mol. The molecule has 0 saturated carbocycles. The van der Waals surface area contributed by atoms with Crippen LogP contribution in [0.25, 0.3) is 0 Å². The van der Waals surface area contributed by atoms with Crippen LogP contribution in [-0.2, 0) is 0 Å². The highest BCUT2D eigenvalue weighted by atomic mass is 15.1. The molecule has 0 aliphatic rings. The van der Waals surface area contributed by atoms with E-state index in [2.05, 4.69) is 36.3 Å². The van der Waals surface area contributed by atoms with E-state index in [1.54, 1.807) is 0 Å². The zero-order valence-electron chi connectivity index (χ0n) is 8.18. The molecule has 3 heteroatoms. The zero-order valence-corrected chi connectivity index (χ0v) is 8.18. The Hall–Kier alpha value is -0.830. The van der Waals surface area contributed by atoms with E-state index in [9.17, 15) is 0 Å². The number of H-pyrrole nitrogens is 1. The van der Waals surface area contributed by atoms with Crippen molar-refractivity contribution in [2.75, 3.05) is 7.05 Å². The highest BCUT2D eigenvalue weighted by molar-refractivity contribution is 5.22. The van der Waals surface area contributed by atoms with Gasteiger partial charge in [0.15, 0.2) is 0 Å². The van der Waals surface area contributed by atoms with Crippen LogP contribution in [0.4, 0.5) is 0 Å². The molecular weight excluding hydrogens is 150 g/mol. The summed E-state index contributed by atoms with van der Waals surface area (Å²) < 4.78 is 0. The Balaban J connectivity index is 2.91. The molecule has 0 aliphatic heterocycles. The summed E-state index contributed by atoms with van der Waals surface area (Å²) in [5, 5.41) is 10.3. The fourth-order valence-electron chi connectivity index (χ4n) is 1.27. The minimum atomic E-state index is 0.376. The van der Waals surface area contributed by atoms with Gasteiger partial charge in [0.05, 0.1) is 6.20 Å². The lowest BCUT2D eigenvalue weighted by Crippen LogP contribution is -2.13. The zero-order chi connectivity index (χ0) is 9.14. The number of aromatic nitrogens is 2. The first kappa shape index (κ1) is 9.26. The number of hydrogen-bond acceptors (Lipinski definition) is 2. The molecule has 0 radical (unpaired) electrons. The molecular formula is C9H17N3. The first-order chi connectivity index (χ1) is 5.66. The maximum atomic E-state index is 4.05. The van der Waals surface area contributed by atoms with Crippen LogP contribution < -0.4 is 5.32 Å². The Kier molecular flexibility index (Phi) is 2.87. The van der Waals surface area contributed by atoms with Crippen molar-refractivity contribution < 1.29 is 0 Å². The third kappa shape index (κ3) is 1.67. The van der Waals surface area contributed by atoms with Gasteiger partial charge in [0.1, 0.15) is 0 Å². The summed E-state index contributed by atoms with van der Waals surface area (Å²) in [5.41, 5.74) is 2.50. The Morgan fingerprint density at radius 3 is 2.58 bits per heavy atom. The van der Waals surface area contributed by atoms with Crippen molar-refractivity contribution in [3.8, 4) is 0 Å². The molecule has 2 N–H and O–H groups in total. The molecule has 1 aromatic heterocycles. The standard InChI is InChI=1S/C9H17N3/c1-6(2)9-8(5-11-12-9)7(3)10-4/h5-7,10H,1-4H3,(H,11,12). The molecule has 1 heterocycles. The normalized spacial score (nSPS) is 13.8. The summed E-state index contributed by atoms with van der Waals surface area (Å²) in [6, 6.07) is 0.376. The molecule has 1 rings (SSSR count). The van der Waals surface area contributed by atoms with Crippen molar-refractivity contribution in [1.29, 1.82) is 0 Å². The predicted octanol–water partition coefficient (Wildman–Crippen LogP) is 1.81. The molecule has 0 spiro atoms. The van der Waals surface area contributed by atoms with E-state index in [0.717, 1.165) is 0 Å². The van der Waals surface area contributed by atoms with Gasteiger partial charge in [-0.1, -0.05) is 13.8 Å². The van der Waals surface area contributed by atoms with Gasteiger partial charge in [-0.2, -0.15) is 5.10 Å². The molecule has 0 fully saturated rings. The van der Waals surface area contributed by atoms with Crippen molar-refractivity contribution in [2.45, 2.75) is 32.7 Å². The van der Waals surface area contributed by atoms with Crippen LogP contribution >= 0.6 is 0 Å². The van der Waals surface area contributed by atoms with Crippen LogP contribution in [-0.4, -0.2) is 17.2 Å². The van der Waals surface area contributed by atoms with Gasteiger partial charge in [-0.15, -0.1) is 0 Å². The number of hydrogen-bond donors (Lipinski definition) is 2. The number of aromatic amines is 1. The average molecular weight is 167 g/mol.